The van der Waals surface area contributed by atoms with Gasteiger partial charge in [-0.1, -0.05) is 29.8 Å². The highest BCUT2D eigenvalue weighted by Crippen LogP contribution is 2.35. The molecule has 0 aliphatic carbocycles. The Morgan fingerprint density at radius 3 is 2.60 bits per heavy atom. The Morgan fingerprint density at radius 1 is 1.05 bits per heavy atom. The maximum absolute atomic E-state index is 12.2. The Kier molecular flexibility index (Phi) is 3.66. The van der Waals surface area contributed by atoms with Gasteiger partial charge < -0.3 is 4.55 Å². The van der Waals surface area contributed by atoms with Crippen molar-refractivity contribution in [3.63, 3.8) is 0 Å². The molecule has 0 saturated heterocycles. The van der Waals surface area contributed by atoms with Gasteiger partial charge in [0.15, 0.2) is 4.90 Å². The van der Waals surface area contributed by atoms with Gasteiger partial charge >= 0.3 is 0 Å². The third-order valence-corrected chi connectivity index (χ3v) is 4.56. The first-order chi connectivity index (χ1) is 9.68. The summed E-state index contributed by atoms with van der Waals surface area (Å²) in [4.78, 5) is 4.94. The van der Waals surface area contributed by atoms with Gasteiger partial charge in [-0.3, -0.25) is 4.98 Å². The lowest BCUT2D eigenvalue weighted by molar-refractivity contribution is 0.602. The molecular weight excluding hydrogens is 290 g/mol. The van der Waals surface area contributed by atoms with Crippen LogP contribution in [0.1, 0.15) is 0 Å². The molecule has 0 spiro atoms. The van der Waals surface area contributed by atoms with E-state index in [2.05, 4.69) is 4.98 Å². The first kappa shape index (κ1) is 13.4. The summed E-state index contributed by atoms with van der Waals surface area (Å²) in [6.07, 6.45) is 5.20. The third kappa shape index (κ3) is 2.29. The summed E-state index contributed by atoms with van der Waals surface area (Å²) < 4.78 is 12.2. The zero-order valence-electron chi connectivity index (χ0n) is 10.8. The van der Waals surface area contributed by atoms with Crippen LogP contribution in [0, 0.1) is 0 Å². The van der Waals surface area contributed by atoms with Gasteiger partial charge in [-0.2, -0.15) is 0 Å². The van der Waals surface area contributed by atoms with Crippen LogP contribution in [-0.4, -0.2) is 15.8 Å². The maximum Gasteiger partial charge on any atom is 0.168 e. The van der Waals surface area contributed by atoms with E-state index in [1.807, 2.05) is 42.5 Å². The smallest absolute Gasteiger partial charge is 0.168 e. The summed E-state index contributed by atoms with van der Waals surface area (Å²) >= 11 is 5.11. The number of benzene rings is 2. The van der Waals surface area contributed by atoms with Crippen LogP contribution in [0.15, 0.2) is 59.8 Å². The van der Waals surface area contributed by atoms with Crippen LogP contribution < -0.4 is 0 Å². The van der Waals surface area contributed by atoms with Crippen molar-refractivity contribution in [1.29, 1.82) is 0 Å². The van der Waals surface area contributed by atoms with Gasteiger partial charge in [-0.05, 0) is 35.4 Å². The van der Waals surface area contributed by atoms with Crippen molar-refractivity contribution in [1.82, 2.24) is 4.98 Å². The van der Waals surface area contributed by atoms with Crippen LogP contribution in [0.4, 0.5) is 0 Å². The molecule has 1 aromatic heterocycles. The fraction of sp³-hybridized carbons (Fsp3) is 0.0625. The summed E-state index contributed by atoms with van der Waals surface area (Å²) in [6.45, 7) is 0. The van der Waals surface area contributed by atoms with Gasteiger partial charge in [-0.25, -0.2) is 0 Å². The predicted molar refractivity (Wildman–Crippen MR) is 84.5 cm³/mol. The number of fused-ring (bicyclic) bond motifs is 1. The number of pyridine rings is 1. The number of halogens is 1. The van der Waals surface area contributed by atoms with Gasteiger partial charge in [0.2, 0.25) is 0 Å². The third-order valence-electron chi connectivity index (χ3n) is 3.22. The highest BCUT2D eigenvalue weighted by atomic mass is 35.5. The molecule has 1 unspecified atom stereocenters. The summed E-state index contributed by atoms with van der Waals surface area (Å²) in [5.41, 5.74) is 1.90. The quantitative estimate of drug-likeness (QED) is 0.662. The molecule has 2 nitrogen and oxygen atoms in total. The number of rotatable bonds is 2. The Balaban J connectivity index is 2.37. The Bertz CT molecular complexity index is 759. The zero-order chi connectivity index (χ0) is 14.1. The lowest BCUT2D eigenvalue weighted by atomic mass is 10.0. The van der Waals surface area contributed by atoms with Crippen molar-refractivity contribution < 1.29 is 4.55 Å². The molecule has 0 aliphatic heterocycles. The second-order valence-electron chi connectivity index (χ2n) is 4.47. The number of aromatic nitrogens is 1. The minimum absolute atomic E-state index is 0.673. The highest BCUT2D eigenvalue weighted by molar-refractivity contribution is 7.91. The number of hydrogen-bond acceptors (Lipinski definition) is 2. The number of hydrogen-bond donors (Lipinski definition) is 0. The van der Waals surface area contributed by atoms with Crippen molar-refractivity contribution in [2.45, 2.75) is 4.90 Å². The van der Waals surface area contributed by atoms with E-state index in [0.717, 1.165) is 26.8 Å². The summed E-state index contributed by atoms with van der Waals surface area (Å²) in [6, 6.07) is 13.5. The maximum atomic E-state index is 12.2. The fourth-order valence-electron chi connectivity index (χ4n) is 2.35. The van der Waals surface area contributed by atoms with E-state index in [4.69, 9.17) is 11.6 Å². The molecule has 0 N–H and O–H groups in total. The molecular formula is C16H12ClNOS. The molecule has 0 bridgehead atoms. The van der Waals surface area contributed by atoms with Crippen molar-refractivity contribution >= 4 is 33.5 Å². The molecule has 20 heavy (non-hydrogen) atoms. The van der Waals surface area contributed by atoms with Gasteiger partial charge in [0.25, 0.3) is 0 Å². The first-order valence-corrected chi connectivity index (χ1v) is 8.07. The standard InChI is InChI=1S/C16H12ClNOS/c1-20(19)16-12(11-4-3-9-18-10-11)7-8-13-14(16)5-2-6-15(13)17/h2-10H,1H3. The molecule has 0 fully saturated rings. The first-order valence-electron chi connectivity index (χ1n) is 6.13. The van der Waals surface area contributed by atoms with Gasteiger partial charge in [-0.15, -0.1) is 0 Å². The molecule has 100 valence electrons. The van der Waals surface area contributed by atoms with Crippen LogP contribution in [0.2, 0.25) is 5.02 Å². The molecule has 1 heterocycles. The van der Waals surface area contributed by atoms with Crippen molar-refractivity contribution in [2.75, 3.05) is 6.26 Å². The van der Waals surface area contributed by atoms with Gasteiger partial charge in [0, 0.05) is 39.3 Å². The van der Waals surface area contributed by atoms with Crippen LogP contribution in [0.5, 0.6) is 0 Å². The average molecular weight is 302 g/mol. The second-order valence-corrected chi connectivity index (χ2v) is 6.20. The summed E-state index contributed by atoms with van der Waals surface area (Å²) in [5.74, 6) is 0. The van der Waals surface area contributed by atoms with E-state index in [9.17, 15) is 4.55 Å². The second kappa shape index (κ2) is 5.44. The Labute approximate surface area is 125 Å². The lowest BCUT2D eigenvalue weighted by Gasteiger charge is -2.14. The topological polar surface area (TPSA) is 36.0 Å². The van der Waals surface area contributed by atoms with Crippen LogP contribution in [-0.2, 0) is 11.2 Å². The van der Waals surface area contributed by atoms with Crippen molar-refractivity contribution in [2.24, 2.45) is 0 Å². The largest absolute Gasteiger partial charge is 0.612 e. The van der Waals surface area contributed by atoms with E-state index in [-0.39, 0.29) is 0 Å². The van der Waals surface area contributed by atoms with E-state index in [0.29, 0.717) is 5.02 Å². The van der Waals surface area contributed by atoms with Gasteiger partial charge in [0.1, 0.15) is 6.26 Å². The summed E-state index contributed by atoms with van der Waals surface area (Å²) in [5, 5.41) is 2.53. The van der Waals surface area contributed by atoms with Gasteiger partial charge in [0.05, 0.1) is 0 Å². The summed E-state index contributed by atoms with van der Waals surface area (Å²) in [7, 11) is 0. The van der Waals surface area contributed by atoms with E-state index in [1.165, 1.54) is 0 Å². The molecule has 2 aromatic carbocycles. The van der Waals surface area contributed by atoms with Crippen LogP contribution in [0.3, 0.4) is 0 Å². The average Bonchev–Trinajstić information content (AvgIpc) is 2.47. The van der Waals surface area contributed by atoms with E-state index >= 15 is 0 Å². The molecule has 3 aromatic rings. The van der Waals surface area contributed by atoms with E-state index < -0.39 is 11.2 Å². The van der Waals surface area contributed by atoms with Crippen molar-refractivity contribution in [3.8, 4) is 11.1 Å². The normalized spacial score (nSPS) is 12.6. The monoisotopic (exact) mass is 301 g/mol. The lowest BCUT2D eigenvalue weighted by Crippen LogP contribution is -2.01. The van der Waals surface area contributed by atoms with Crippen LogP contribution in [0.25, 0.3) is 21.9 Å². The molecule has 0 aliphatic rings. The molecule has 3 rings (SSSR count). The molecule has 1 atom stereocenters. The fourth-order valence-corrected chi connectivity index (χ4v) is 3.57. The molecule has 0 radical (unpaired) electrons. The number of nitrogens with zero attached hydrogens (tertiary/aromatic N) is 1. The molecule has 0 saturated carbocycles. The van der Waals surface area contributed by atoms with Crippen LogP contribution >= 0.6 is 11.6 Å². The highest BCUT2D eigenvalue weighted by Gasteiger charge is 2.18. The van der Waals surface area contributed by atoms with Crippen molar-refractivity contribution in [3.05, 3.63) is 59.9 Å². The molecule has 4 heteroatoms. The zero-order valence-corrected chi connectivity index (χ0v) is 12.4. The minimum Gasteiger partial charge on any atom is -0.612 e. The minimum atomic E-state index is -1.11. The molecule has 0 amide bonds. The van der Waals surface area contributed by atoms with E-state index in [1.54, 1.807) is 18.6 Å². The predicted octanol–water partition coefficient (Wildman–Crippen LogP) is 4.29. The Morgan fingerprint density at radius 2 is 1.90 bits per heavy atom. The Hall–Kier alpha value is -1.55. The SMILES string of the molecule is C[S+]([O-])c1c(-c2cccnc2)ccc2c(Cl)cccc12.